The summed E-state index contributed by atoms with van der Waals surface area (Å²) in [5.74, 6) is 0.114. The van der Waals surface area contributed by atoms with Crippen LogP contribution in [0.25, 0.3) is 10.2 Å². The number of nitrogens with zero attached hydrogens (tertiary/aromatic N) is 3. The van der Waals surface area contributed by atoms with Crippen LogP contribution in [0.5, 0.6) is 0 Å². The molecule has 12 heteroatoms. The summed E-state index contributed by atoms with van der Waals surface area (Å²) in [5, 5.41) is 5.91. The molecule has 9 nitrogen and oxygen atoms in total. The van der Waals surface area contributed by atoms with Gasteiger partial charge in [-0.2, -0.15) is 0 Å². The molecule has 0 aliphatic heterocycles. The monoisotopic (exact) mass is 551 g/mol. The third-order valence-corrected chi connectivity index (χ3v) is 8.81. The highest BCUT2D eigenvalue weighted by Crippen LogP contribution is 2.35. The second kappa shape index (κ2) is 10.6. The first-order valence-corrected chi connectivity index (χ1v) is 14.3. The summed E-state index contributed by atoms with van der Waals surface area (Å²) < 4.78 is 33.1. The highest BCUT2D eigenvalue weighted by molar-refractivity contribution is 7.93. The van der Waals surface area contributed by atoms with Gasteiger partial charge in [-0.15, -0.1) is 22.7 Å². The highest BCUT2D eigenvalue weighted by Gasteiger charge is 2.21. The van der Waals surface area contributed by atoms with E-state index in [2.05, 4.69) is 25.0 Å². The molecule has 2 aromatic carbocycles. The summed E-state index contributed by atoms with van der Waals surface area (Å²) in [6, 6.07) is 16.1. The van der Waals surface area contributed by atoms with E-state index in [1.807, 2.05) is 37.3 Å². The van der Waals surface area contributed by atoms with E-state index in [4.69, 9.17) is 4.74 Å². The van der Waals surface area contributed by atoms with E-state index in [1.54, 1.807) is 17.5 Å². The number of hydrogen-bond acceptors (Lipinski definition) is 10. The van der Waals surface area contributed by atoms with Crippen molar-refractivity contribution in [3.05, 3.63) is 88.5 Å². The Hall–Kier alpha value is -3.87. The van der Waals surface area contributed by atoms with Crippen LogP contribution in [-0.4, -0.2) is 35.9 Å². The van der Waals surface area contributed by atoms with Gasteiger partial charge in [0.1, 0.15) is 21.9 Å². The van der Waals surface area contributed by atoms with Crippen molar-refractivity contribution in [3.8, 4) is 0 Å². The maximum absolute atomic E-state index is 12.8. The zero-order valence-electron chi connectivity index (χ0n) is 19.5. The summed E-state index contributed by atoms with van der Waals surface area (Å²) in [5.41, 5.74) is 2.45. The number of nitrogens with one attached hydrogen (secondary N) is 2. The second-order valence-corrected chi connectivity index (χ2v) is 11.5. The van der Waals surface area contributed by atoms with Crippen molar-refractivity contribution in [1.29, 1.82) is 0 Å². The zero-order chi connectivity index (χ0) is 25.8. The lowest BCUT2D eigenvalue weighted by Gasteiger charge is -2.09. The molecule has 3 heterocycles. The van der Waals surface area contributed by atoms with E-state index in [9.17, 15) is 13.2 Å². The molecule has 0 fully saturated rings. The molecule has 0 aliphatic rings. The lowest BCUT2D eigenvalue weighted by Crippen LogP contribution is -2.12. The number of sulfonamides is 1. The molecule has 0 bridgehead atoms. The van der Waals surface area contributed by atoms with Crippen molar-refractivity contribution in [1.82, 2.24) is 15.0 Å². The molecule has 0 radical (unpaired) electrons. The Morgan fingerprint density at radius 1 is 1.03 bits per heavy atom. The van der Waals surface area contributed by atoms with Gasteiger partial charge in [-0.1, -0.05) is 30.3 Å². The zero-order valence-corrected chi connectivity index (χ0v) is 22.0. The van der Waals surface area contributed by atoms with Gasteiger partial charge in [0.25, 0.3) is 10.0 Å². The summed E-state index contributed by atoms with van der Waals surface area (Å²) in [7, 11) is -3.75. The van der Waals surface area contributed by atoms with Crippen LogP contribution in [0.3, 0.4) is 0 Å². The summed E-state index contributed by atoms with van der Waals surface area (Å²) in [6.45, 7) is 2.11. The maximum atomic E-state index is 12.8. The number of aromatic nitrogens is 3. The van der Waals surface area contributed by atoms with Gasteiger partial charge >= 0.3 is 5.97 Å². The van der Waals surface area contributed by atoms with Crippen molar-refractivity contribution >= 4 is 65.5 Å². The number of anilines is 3. The number of hydrogen-bond donors (Lipinski definition) is 2. The van der Waals surface area contributed by atoms with Crippen molar-refractivity contribution in [2.45, 2.75) is 18.2 Å². The topological polar surface area (TPSA) is 123 Å². The average molecular weight is 552 g/mol. The van der Waals surface area contributed by atoms with Gasteiger partial charge in [0.2, 0.25) is 0 Å². The molecule has 0 spiro atoms. The number of carbonyl (C=O) groups excluding carboxylic acids is 1. The van der Waals surface area contributed by atoms with Crippen molar-refractivity contribution in [3.63, 3.8) is 0 Å². The van der Waals surface area contributed by atoms with Crippen LogP contribution in [0.4, 0.5) is 16.6 Å². The predicted octanol–water partition coefficient (Wildman–Crippen LogP) is 5.40. The molecule has 0 saturated heterocycles. The van der Waals surface area contributed by atoms with Gasteiger partial charge < -0.3 is 10.1 Å². The molecule has 188 valence electrons. The second-order valence-electron chi connectivity index (χ2n) is 7.92. The Bertz CT molecular complexity index is 1640. The van der Waals surface area contributed by atoms with E-state index in [-0.39, 0.29) is 11.5 Å². The minimum absolute atomic E-state index is 0.105. The van der Waals surface area contributed by atoms with Crippen LogP contribution in [-0.2, 0) is 21.2 Å². The molecule has 0 aliphatic carbocycles. The van der Waals surface area contributed by atoms with E-state index in [0.717, 1.165) is 11.1 Å². The molecule has 3 aromatic heterocycles. The number of thiazole rings is 1. The first kappa shape index (κ1) is 24.8. The Morgan fingerprint density at radius 3 is 2.54 bits per heavy atom. The number of ether oxygens (including phenoxy) is 1. The Labute approximate surface area is 221 Å². The van der Waals surface area contributed by atoms with Crippen LogP contribution in [0.1, 0.15) is 20.8 Å². The standard InChI is InChI=1S/C25H21N5O4S3/c1-16-20-22(29-18-7-9-19(10-8-18)37(32,33)30-25-26-12-14-35-25)27-15-28-23(20)36-21(16)24(31)34-13-11-17-5-3-2-4-6-17/h2-10,12,14-15H,11,13H2,1H3,(H,26,30)(H,27,28,29). The SMILES string of the molecule is Cc1c(C(=O)OCCc2ccccc2)sc2ncnc(Nc3ccc(S(=O)(=O)Nc4nccs4)cc3)c12. The molecule has 0 amide bonds. The third kappa shape index (κ3) is 5.61. The van der Waals surface area contributed by atoms with Crippen molar-refractivity contribution < 1.29 is 17.9 Å². The smallest absolute Gasteiger partial charge is 0.348 e. The molecule has 2 N–H and O–H groups in total. The summed E-state index contributed by atoms with van der Waals surface area (Å²) in [6.07, 6.45) is 3.58. The van der Waals surface area contributed by atoms with Gasteiger partial charge in [0.05, 0.1) is 16.9 Å². The van der Waals surface area contributed by atoms with Crippen LogP contribution in [0.15, 0.2) is 77.4 Å². The quantitative estimate of drug-likeness (QED) is 0.234. The minimum Gasteiger partial charge on any atom is -0.461 e. The predicted molar refractivity (Wildman–Crippen MR) is 145 cm³/mol. The van der Waals surface area contributed by atoms with Gasteiger partial charge in [-0.25, -0.2) is 28.2 Å². The third-order valence-electron chi connectivity index (χ3n) is 5.46. The number of carbonyl (C=O) groups is 1. The molecular formula is C25H21N5O4S3. The maximum Gasteiger partial charge on any atom is 0.348 e. The fourth-order valence-electron chi connectivity index (χ4n) is 3.63. The Kier molecular flexibility index (Phi) is 7.12. The van der Waals surface area contributed by atoms with E-state index in [0.29, 0.717) is 38.2 Å². The average Bonchev–Trinajstić information content (AvgIpc) is 3.52. The molecular weight excluding hydrogens is 531 g/mol. The van der Waals surface area contributed by atoms with Crippen molar-refractivity contribution in [2.75, 3.05) is 16.6 Å². The molecule has 0 atom stereocenters. The first-order chi connectivity index (χ1) is 17.9. The van der Waals surface area contributed by atoms with Crippen LogP contribution >= 0.6 is 22.7 Å². The van der Waals surface area contributed by atoms with Crippen molar-refractivity contribution in [2.24, 2.45) is 0 Å². The summed E-state index contributed by atoms with van der Waals surface area (Å²) >= 11 is 2.45. The first-order valence-electron chi connectivity index (χ1n) is 11.2. The Balaban J connectivity index is 1.31. The molecule has 5 aromatic rings. The number of thiophene rings is 1. The Morgan fingerprint density at radius 2 is 1.81 bits per heavy atom. The van der Waals surface area contributed by atoms with Gasteiger partial charge in [-0.05, 0) is 42.3 Å². The fourth-order valence-corrected chi connectivity index (χ4v) is 6.47. The van der Waals surface area contributed by atoms with Gasteiger partial charge in [-0.3, -0.25) is 4.72 Å². The largest absolute Gasteiger partial charge is 0.461 e. The molecule has 0 saturated carbocycles. The number of fused-ring (bicyclic) bond motifs is 1. The highest BCUT2D eigenvalue weighted by atomic mass is 32.2. The van der Waals surface area contributed by atoms with Gasteiger partial charge in [0, 0.05) is 23.7 Å². The lowest BCUT2D eigenvalue weighted by molar-refractivity contribution is 0.0514. The van der Waals surface area contributed by atoms with Crippen LogP contribution < -0.4 is 10.0 Å². The lowest BCUT2D eigenvalue weighted by atomic mass is 10.2. The van der Waals surface area contributed by atoms with Crippen LogP contribution in [0, 0.1) is 6.92 Å². The number of rotatable bonds is 9. The number of esters is 1. The summed E-state index contributed by atoms with van der Waals surface area (Å²) in [4.78, 5) is 26.7. The van der Waals surface area contributed by atoms with E-state index in [1.165, 1.54) is 47.3 Å². The molecule has 0 unspecified atom stereocenters. The molecule has 37 heavy (non-hydrogen) atoms. The normalized spacial score (nSPS) is 11.4. The van der Waals surface area contributed by atoms with Crippen LogP contribution in [0.2, 0.25) is 0 Å². The minimum atomic E-state index is -3.75. The fraction of sp³-hybridized carbons (Fsp3) is 0.120. The van der Waals surface area contributed by atoms with Gasteiger partial charge in [0.15, 0.2) is 5.13 Å². The van der Waals surface area contributed by atoms with E-state index >= 15 is 0 Å². The molecule has 5 rings (SSSR count). The van der Waals surface area contributed by atoms with E-state index < -0.39 is 16.0 Å². The number of benzene rings is 2. The number of aryl methyl sites for hydroxylation is 1.